The van der Waals surface area contributed by atoms with Crippen LogP contribution in [0, 0.1) is 6.92 Å². The van der Waals surface area contributed by atoms with Gasteiger partial charge < -0.3 is 9.30 Å². The molecule has 0 spiro atoms. The van der Waals surface area contributed by atoms with Crippen LogP contribution >= 0.6 is 0 Å². The van der Waals surface area contributed by atoms with Gasteiger partial charge in [-0.05, 0) is 24.6 Å². The van der Waals surface area contributed by atoms with E-state index in [-0.39, 0.29) is 0 Å². The molecule has 0 saturated carbocycles. The number of ether oxygens (including phenoxy) is 1. The normalized spacial score (nSPS) is 11.5. The van der Waals surface area contributed by atoms with Gasteiger partial charge in [0.1, 0.15) is 17.1 Å². The summed E-state index contributed by atoms with van der Waals surface area (Å²) in [6, 6.07) is 16.1. The molecular weight excluding hydrogens is 286 g/mol. The zero-order chi connectivity index (χ0) is 16.2. The molecule has 0 radical (unpaired) electrons. The number of benzene rings is 2. The van der Waals surface area contributed by atoms with Crippen LogP contribution in [-0.2, 0) is 7.05 Å². The average molecular weight is 305 g/mol. The van der Waals surface area contributed by atoms with Gasteiger partial charge in [-0.25, -0.2) is 9.98 Å². The Hall–Kier alpha value is -2.88. The quantitative estimate of drug-likeness (QED) is 0.686. The van der Waals surface area contributed by atoms with E-state index in [9.17, 15) is 0 Å². The summed E-state index contributed by atoms with van der Waals surface area (Å²) >= 11 is 0. The second-order valence-electron chi connectivity index (χ2n) is 5.43. The number of aromatic nitrogens is 2. The number of hydrogen-bond acceptors (Lipinski definition) is 3. The van der Waals surface area contributed by atoms with E-state index in [2.05, 4.69) is 4.98 Å². The highest BCUT2D eigenvalue weighted by molar-refractivity contribution is 6.12. The summed E-state index contributed by atoms with van der Waals surface area (Å²) in [6.07, 6.45) is 3.74. The maximum atomic E-state index is 5.47. The Balaban J connectivity index is 2.16. The van der Waals surface area contributed by atoms with Crippen LogP contribution in [0.5, 0.6) is 5.75 Å². The number of rotatable bonds is 4. The van der Waals surface area contributed by atoms with Gasteiger partial charge >= 0.3 is 0 Å². The molecule has 0 aliphatic rings. The highest BCUT2D eigenvalue weighted by atomic mass is 16.5. The lowest BCUT2D eigenvalue weighted by molar-refractivity contribution is 0.416. The van der Waals surface area contributed by atoms with Gasteiger partial charge in [-0.2, -0.15) is 0 Å². The number of aliphatic imine (C=N–C) groups is 1. The molecule has 3 aromatic rings. The number of nitrogens with zero attached hydrogens (tertiary/aromatic N) is 3. The number of imidazole rings is 1. The summed E-state index contributed by atoms with van der Waals surface area (Å²) in [5, 5.41) is 0. The van der Waals surface area contributed by atoms with Crippen LogP contribution in [0.3, 0.4) is 0 Å². The fraction of sp³-hybridized carbons (Fsp3) is 0.158. The smallest absolute Gasteiger partial charge is 0.144 e. The molecule has 0 atom stereocenters. The lowest BCUT2D eigenvalue weighted by atomic mass is 10.1. The first-order valence-electron chi connectivity index (χ1n) is 7.44. The highest BCUT2D eigenvalue weighted by Gasteiger charge is 2.12. The molecule has 0 amide bonds. The molecule has 23 heavy (non-hydrogen) atoms. The lowest BCUT2D eigenvalue weighted by Gasteiger charge is -2.08. The first kappa shape index (κ1) is 15.0. The predicted molar refractivity (Wildman–Crippen MR) is 92.7 cm³/mol. The van der Waals surface area contributed by atoms with Gasteiger partial charge in [-0.3, -0.25) is 0 Å². The van der Waals surface area contributed by atoms with E-state index in [1.807, 2.05) is 73.3 Å². The minimum atomic E-state index is 0.759. The number of aryl methyl sites for hydroxylation is 2. The first-order valence-corrected chi connectivity index (χ1v) is 7.44. The Kier molecular flexibility index (Phi) is 4.24. The molecule has 4 heteroatoms. The summed E-state index contributed by atoms with van der Waals surface area (Å²) in [5.41, 5.74) is 4.62. The standard InChI is InChI=1S/C19H19N3O/c1-14-9-10-16(18(11-14)23-3)21-19(15-7-5-4-6-8-15)17-12-22(2)13-20-17/h4-13H,1-3H3. The summed E-state index contributed by atoms with van der Waals surface area (Å²) < 4.78 is 7.39. The van der Waals surface area contributed by atoms with E-state index < -0.39 is 0 Å². The third-order valence-electron chi connectivity index (χ3n) is 3.56. The van der Waals surface area contributed by atoms with Crippen molar-refractivity contribution in [2.75, 3.05) is 7.11 Å². The largest absolute Gasteiger partial charge is 0.494 e. The molecule has 1 heterocycles. The van der Waals surface area contributed by atoms with E-state index in [1.54, 1.807) is 13.4 Å². The molecule has 3 rings (SSSR count). The Morgan fingerprint density at radius 2 is 1.91 bits per heavy atom. The Morgan fingerprint density at radius 1 is 1.13 bits per heavy atom. The van der Waals surface area contributed by atoms with Crippen LogP contribution in [0.2, 0.25) is 0 Å². The van der Waals surface area contributed by atoms with E-state index >= 15 is 0 Å². The zero-order valence-corrected chi connectivity index (χ0v) is 13.5. The van der Waals surface area contributed by atoms with Gasteiger partial charge in [-0.15, -0.1) is 0 Å². The maximum absolute atomic E-state index is 5.47. The van der Waals surface area contributed by atoms with Gasteiger partial charge in [0.2, 0.25) is 0 Å². The Morgan fingerprint density at radius 3 is 2.57 bits per heavy atom. The summed E-state index contributed by atoms with van der Waals surface area (Å²) in [5.74, 6) is 0.759. The average Bonchev–Trinajstić information content (AvgIpc) is 3.00. The van der Waals surface area contributed by atoms with Crippen molar-refractivity contribution in [2.45, 2.75) is 6.92 Å². The minimum Gasteiger partial charge on any atom is -0.494 e. The molecule has 2 aromatic carbocycles. The molecule has 1 aromatic heterocycles. The van der Waals surface area contributed by atoms with Crippen LogP contribution in [0.25, 0.3) is 0 Å². The van der Waals surface area contributed by atoms with Gasteiger partial charge in [0, 0.05) is 18.8 Å². The maximum Gasteiger partial charge on any atom is 0.144 e. The van der Waals surface area contributed by atoms with Crippen LogP contribution in [0.1, 0.15) is 16.8 Å². The SMILES string of the molecule is COc1cc(C)ccc1N=C(c1ccccc1)c1cn(C)cn1. The predicted octanol–water partition coefficient (Wildman–Crippen LogP) is 3.91. The number of methoxy groups -OCH3 is 1. The van der Waals surface area contributed by atoms with E-state index in [0.717, 1.165) is 34.0 Å². The Labute approximate surface area is 136 Å². The molecule has 0 bridgehead atoms. The topological polar surface area (TPSA) is 39.4 Å². The molecule has 0 aliphatic carbocycles. The Bertz CT molecular complexity index is 835. The van der Waals surface area contributed by atoms with Crippen molar-refractivity contribution >= 4 is 11.4 Å². The van der Waals surface area contributed by atoms with Gasteiger partial charge in [0.15, 0.2) is 0 Å². The monoisotopic (exact) mass is 305 g/mol. The van der Waals surface area contributed by atoms with Crippen LogP contribution < -0.4 is 4.74 Å². The van der Waals surface area contributed by atoms with Crippen molar-refractivity contribution in [3.8, 4) is 5.75 Å². The van der Waals surface area contributed by atoms with Crippen molar-refractivity contribution < 1.29 is 4.74 Å². The second kappa shape index (κ2) is 6.48. The third kappa shape index (κ3) is 3.31. The van der Waals surface area contributed by atoms with Crippen LogP contribution in [0.15, 0.2) is 66.0 Å². The summed E-state index contributed by atoms with van der Waals surface area (Å²) in [4.78, 5) is 9.29. The van der Waals surface area contributed by atoms with Gasteiger partial charge in [0.25, 0.3) is 0 Å². The summed E-state index contributed by atoms with van der Waals surface area (Å²) in [7, 11) is 3.61. The fourth-order valence-corrected chi connectivity index (χ4v) is 2.40. The van der Waals surface area contributed by atoms with E-state index in [0.29, 0.717) is 0 Å². The molecule has 4 nitrogen and oxygen atoms in total. The highest BCUT2D eigenvalue weighted by Crippen LogP contribution is 2.29. The molecule has 0 unspecified atom stereocenters. The van der Waals surface area contributed by atoms with Gasteiger partial charge in [0.05, 0.1) is 19.1 Å². The molecule has 0 saturated heterocycles. The molecule has 0 aliphatic heterocycles. The van der Waals surface area contributed by atoms with Crippen LogP contribution in [0.4, 0.5) is 5.69 Å². The second-order valence-corrected chi connectivity index (χ2v) is 5.43. The van der Waals surface area contributed by atoms with Crippen molar-refractivity contribution in [3.05, 3.63) is 77.9 Å². The summed E-state index contributed by atoms with van der Waals surface area (Å²) in [6.45, 7) is 2.03. The van der Waals surface area contributed by atoms with Crippen molar-refractivity contribution in [1.29, 1.82) is 0 Å². The van der Waals surface area contributed by atoms with Crippen molar-refractivity contribution in [1.82, 2.24) is 9.55 Å². The van der Waals surface area contributed by atoms with Gasteiger partial charge in [-0.1, -0.05) is 36.4 Å². The van der Waals surface area contributed by atoms with E-state index in [1.165, 1.54) is 0 Å². The molecule has 116 valence electrons. The van der Waals surface area contributed by atoms with E-state index in [4.69, 9.17) is 9.73 Å². The molecule has 0 fully saturated rings. The fourth-order valence-electron chi connectivity index (χ4n) is 2.40. The van der Waals surface area contributed by atoms with Crippen molar-refractivity contribution in [2.24, 2.45) is 12.0 Å². The van der Waals surface area contributed by atoms with Crippen LogP contribution in [-0.4, -0.2) is 22.4 Å². The van der Waals surface area contributed by atoms with Crippen molar-refractivity contribution in [3.63, 3.8) is 0 Å². The molecule has 0 N–H and O–H groups in total. The third-order valence-corrected chi connectivity index (χ3v) is 3.56. The minimum absolute atomic E-state index is 0.759. The first-order chi connectivity index (χ1) is 11.2. The number of hydrogen-bond donors (Lipinski definition) is 0. The lowest BCUT2D eigenvalue weighted by Crippen LogP contribution is -2.03. The molecular formula is C19H19N3O. The zero-order valence-electron chi connectivity index (χ0n) is 13.5.